The highest BCUT2D eigenvalue weighted by molar-refractivity contribution is 7.15. The fraction of sp³-hybridized carbons (Fsp3) is 0.554. The van der Waals surface area contributed by atoms with E-state index in [4.69, 9.17) is 55.3 Å². The van der Waals surface area contributed by atoms with Crippen LogP contribution in [0.5, 0.6) is 0 Å². The van der Waals surface area contributed by atoms with Crippen LogP contribution in [-0.4, -0.2) is 157 Å². The van der Waals surface area contributed by atoms with Gasteiger partial charge >= 0.3 is 0 Å². The van der Waals surface area contributed by atoms with E-state index in [2.05, 4.69) is 39.5 Å². The molecule has 0 saturated carbocycles. The topological polar surface area (TPSA) is 272 Å². The Labute approximate surface area is 474 Å². The molecule has 7 rings (SSSR count). The molecule has 2 aromatic heterocycles. The van der Waals surface area contributed by atoms with Crippen molar-refractivity contribution < 1.29 is 62.4 Å². The first-order valence-electron chi connectivity index (χ1n) is 27.4. The summed E-state index contributed by atoms with van der Waals surface area (Å²) in [5.41, 5.74) is 6.89. The summed E-state index contributed by atoms with van der Waals surface area (Å²) in [6, 6.07) is 10.9. The number of unbranched alkanes of at least 4 members (excludes halogenated alkanes) is 4. The summed E-state index contributed by atoms with van der Waals surface area (Å²) in [6.45, 7) is 11.6. The van der Waals surface area contributed by atoms with Crippen LogP contribution in [0.1, 0.15) is 126 Å². The number of thiophene rings is 1. The lowest BCUT2D eigenvalue weighted by atomic mass is 9.90. The molecule has 1 fully saturated rings. The maximum Gasteiger partial charge on any atom is 0.255 e. The van der Waals surface area contributed by atoms with Crippen molar-refractivity contribution in [3.05, 3.63) is 91.8 Å². The van der Waals surface area contributed by atoms with E-state index in [0.717, 1.165) is 58.0 Å². The van der Waals surface area contributed by atoms with Gasteiger partial charge in [0.2, 0.25) is 29.5 Å². The SMILES string of the molecule is CCC(COCCOCCOCCOCCOCCOCC(=O)Nc1cccc2c1CN(C1CCC(=O)NC1=O)C2=O)NC(=O)C(CCCCCCCC(=O)NO)[C@@H]1N=C(c2ccc(Cl)cc2)c2c(sc(C)c2C)-n2c(C)nnc21. The molecule has 0 radical (unpaired) electrons. The molecule has 434 valence electrons. The number of carbonyl (C=O) groups excluding carboxylic acids is 6. The molecule has 3 unspecified atom stereocenters. The largest absolute Gasteiger partial charge is 0.377 e. The lowest BCUT2D eigenvalue weighted by molar-refractivity contribution is -0.137. The van der Waals surface area contributed by atoms with Crippen LogP contribution in [0.2, 0.25) is 5.02 Å². The number of piperidine rings is 1. The number of aryl methyl sites for hydroxylation is 2. The van der Waals surface area contributed by atoms with Crippen LogP contribution < -0.4 is 21.4 Å². The van der Waals surface area contributed by atoms with Crippen molar-refractivity contribution in [3.8, 4) is 5.00 Å². The number of hydrogen-bond donors (Lipinski definition) is 5. The molecule has 3 aliphatic rings. The number of hydrogen-bond acceptors (Lipinski definition) is 17. The molecule has 2 aromatic carbocycles. The second-order valence-electron chi connectivity index (χ2n) is 19.8. The second kappa shape index (κ2) is 31.3. The number of nitrogens with one attached hydrogen (secondary N) is 4. The number of fused-ring (bicyclic) bond motifs is 4. The molecule has 5 heterocycles. The fourth-order valence-electron chi connectivity index (χ4n) is 9.74. The summed E-state index contributed by atoms with van der Waals surface area (Å²) in [6.07, 6.45) is 5.73. The molecule has 0 bridgehead atoms. The quantitative estimate of drug-likeness (QED) is 0.0154. The van der Waals surface area contributed by atoms with E-state index in [-0.39, 0.29) is 76.0 Å². The van der Waals surface area contributed by atoms with Crippen LogP contribution in [0.3, 0.4) is 0 Å². The van der Waals surface area contributed by atoms with Gasteiger partial charge in [-0.1, -0.05) is 62.4 Å². The molecule has 4 aromatic rings. The van der Waals surface area contributed by atoms with Gasteiger partial charge in [0.05, 0.1) is 90.3 Å². The normalized spacial score (nSPS) is 16.6. The number of carbonyl (C=O) groups is 6. The minimum Gasteiger partial charge on any atom is -0.377 e. The van der Waals surface area contributed by atoms with E-state index in [1.54, 1.807) is 35.0 Å². The highest BCUT2D eigenvalue weighted by Crippen LogP contribution is 2.42. The van der Waals surface area contributed by atoms with Gasteiger partial charge in [0.15, 0.2) is 5.82 Å². The Kier molecular flexibility index (Phi) is 24.1. The van der Waals surface area contributed by atoms with Crippen molar-refractivity contribution in [2.45, 2.75) is 117 Å². The summed E-state index contributed by atoms with van der Waals surface area (Å²) in [5, 5.41) is 28.0. The van der Waals surface area contributed by atoms with E-state index in [1.165, 1.54) is 4.90 Å². The van der Waals surface area contributed by atoms with Crippen LogP contribution in [-0.2, 0) is 58.9 Å². The zero-order valence-corrected chi connectivity index (χ0v) is 47.6. The third-order valence-corrected chi connectivity index (χ3v) is 15.6. The van der Waals surface area contributed by atoms with E-state index in [1.807, 2.05) is 38.1 Å². The van der Waals surface area contributed by atoms with Gasteiger partial charge in [-0.2, -0.15) is 0 Å². The van der Waals surface area contributed by atoms with Gasteiger partial charge in [0.25, 0.3) is 5.91 Å². The average molecular weight is 1150 g/mol. The lowest BCUT2D eigenvalue weighted by Crippen LogP contribution is -2.52. The summed E-state index contributed by atoms with van der Waals surface area (Å²) in [7, 11) is 0. The van der Waals surface area contributed by atoms with Gasteiger partial charge in [0, 0.05) is 57.2 Å². The zero-order valence-electron chi connectivity index (χ0n) is 46.0. The molecule has 24 heteroatoms. The Morgan fingerprint density at radius 3 is 2.14 bits per heavy atom. The number of aromatic nitrogens is 3. The number of ether oxygens (including phenoxy) is 6. The van der Waals surface area contributed by atoms with Crippen LogP contribution >= 0.6 is 22.9 Å². The van der Waals surface area contributed by atoms with Gasteiger partial charge in [-0.3, -0.25) is 48.9 Å². The third-order valence-electron chi connectivity index (χ3n) is 14.2. The third kappa shape index (κ3) is 16.8. The smallest absolute Gasteiger partial charge is 0.255 e. The highest BCUT2D eigenvalue weighted by atomic mass is 35.5. The molecule has 3 aliphatic heterocycles. The van der Waals surface area contributed by atoms with Crippen molar-refractivity contribution in [2.75, 3.05) is 84.6 Å². The molecule has 6 amide bonds. The Balaban J connectivity index is 0.772. The van der Waals surface area contributed by atoms with E-state index in [9.17, 15) is 28.8 Å². The summed E-state index contributed by atoms with van der Waals surface area (Å²) in [5.74, 6) is -1.43. The molecule has 0 aliphatic carbocycles. The second-order valence-corrected chi connectivity index (χ2v) is 21.4. The maximum absolute atomic E-state index is 14.7. The molecule has 1 saturated heterocycles. The molecule has 80 heavy (non-hydrogen) atoms. The lowest BCUT2D eigenvalue weighted by Gasteiger charge is -2.29. The van der Waals surface area contributed by atoms with E-state index in [0.29, 0.717) is 106 Å². The summed E-state index contributed by atoms with van der Waals surface area (Å²) >= 11 is 8.02. The minimum atomic E-state index is -0.751. The maximum atomic E-state index is 14.7. The van der Waals surface area contributed by atoms with Crippen molar-refractivity contribution in [1.82, 2.24) is 35.8 Å². The Hall–Kier alpha value is -6.02. The molecule has 4 atom stereocenters. The molecule has 22 nitrogen and oxygen atoms in total. The predicted molar refractivity (Wildman–Crippen MR) is 297 cm³/mol. The van der Waals surface area contributed by atoms with Crippen LogP contribution in [0.15, 0.2) is 47.5 Å². The number of rotatable bonds is 34. The van der Waals surface area contributed by atoms with E-state index >= 15 is 0 Å². The van der Waals surface area contributed by atoms with Crippen LogP contribution in [0.4, 0.5) is 5.69 Å². The van der Waals surface area contributed by atoms with Gasteiger partial charge in [-0.05, 0) is 76.3 Å². The Morgan fingerprint density at radius 2 is 1.48 bits per heavy atom. The number of nitrogens with zero attached hydrogens (tertiary/aromatic N) is 5. The minimum absolute atomic E-state index is 0.140. The number of imide groups is 1. The Morgan fingerprint density at radius 1 is 0.825 bits per heavy atom. The predicted octanol–water partition coefficient (Wildman–Crippen LogP) is 6.05. The van der Waals surface area contributed by atoms with Gasteiger partial charge in [-0.25, -0.2) is 5.48 Å². The number of anilines is 1. The highest BCUT2D eigenvalue weighted by Gasteiger charge is 2.41. The first kappa shape index (κ1) is 61.6. The number of hydroxylamine groups is 1. The first-order valence-corrected chi connectivity index (χ1v) is 28.6. The standard InChI is InChI=1S/C56H74ClN9O13S/c1-5-40(33-78-30-28-76-26-24-74-22-23-75-25-27-77-29-31-79-34-48(69)59-44-14-11-13-41-43(44)32-65(55(41)72)45-20-21-46(67)60-54(45)71)58-53(70)42(12-9-7-6-8-10-15-47(68)64-73)51-52-63-62-37(4)66(52)56-49(35(2)36(3)80-56)50(61-51)38-16-18-39(57)19-17-38/h11,13-14,16-19,40,42,45,51,73H,5-10,12,15,20-34H2,1-4H3,(H,58,70)(H,59,69)(H,64,68)(H,60,67,71)/t40?,42?,45?,51-/m0/s1. The monoisotopic (exact) mass is 1150 g/mol. The van der Waals surface area contributed by atoms with Gasteiger partial charge in [-0.15, -0.1) is 21.5 Å². The summed E-state index contributed by atoms with van der Waals surface area (Å²) < 4.78 is 36.0. The molecular formula is C56H74ClN9O13S. The van der Waals surface area contributed by atoms with Crippen molar-refractivity contribution in [1.29, 1.82) is 0 Å². The van der Waals surface area contributed by atoms with Crippen LogP contribution in [0, 0.1) is 26.7 Å². The Bertz CT molecular complexity index is 2790. The summed E-state index contributed by atoms with van der Waals surface area (Å²) in [4.78, 5) is 84.0. The molecule has 5 N–H and O–H groups in total. The molecule has 0 spiro atoms. The number of amides is 6. The van der Waals surface area contributed by atoms with Gasteiger partial charge in [0.1, 0.15) is 29.5 Å². The number of benzene rings is 2. The van der Waals surface area contributed by atoms with Crippen molar-refractivity contribution in [2.24, 2.45) is 10.9 Å². The van der Waals surface area contributed by atoms with Crippen molar-refractivity contribution >= 4 is 69.8 Å². The zero-order chi connectivity index (χ0) is 57.0. The first-order chi connectivity index (χ1) is 38.8. The van der Waals surface area contributed by atoms with E-state index < -0.39 is 35.7 Å². The van der Waals surface area contributed by atoms with Crippen molar-refractivity contribution in [3.63, 3.8) is 0 Å². The number of halogens is 1. The number of aliphatic imine (C=N–C) groups is 1. The fourth-order valence-corrected chi connectivity index (χ4v) is 11.1. The van der Waals surface area contributed by atoms with Gasteiger partial charge < -0.3 is 44.0 Å². The average Bonchev–Trinajstić information content (AvgIpc) is 4.15. The van der Waals surface area contributed by atoms with Crippen LogP contribution in [0.25, 0.3) is 5.00 Å². The molecular weight excluding hydrogens is 1070 g/mol.